The van der Waals surface area contributed by atoms with Gasteiger partial charge in [0.1, 0.15) is 5.82 Å². The van der Waals surface area contributed by atoms with Gasteiger partial charge >= 0.3 is 0 Å². The largest absolute Gasteiger partial charge is 0.349 e. The molecule has 0 fully saturated rings. The highest BCUT2D eigenvalue weighted by Crippen LogP contribution is 2.32. The van der Waals surface area contributed by atoms with Crippen molar-refractivity contribution in [2.24, 2.45) is 11.8 Å². The number of aryl methyl sites for hydroxylation is 2. The Morgan fingerprint density at radius 1 is 0.957 bits per heavy atom. The highest BCUT2D eigenvalue weighted by Gasteiger charge is 2.27. The number of nitrogens with zero attached hydrogens (tertiary/aromatic N) is 1. The zero-order chi connectivity index (χ0) is 33.4. The number of halogens is 3. The second-order valence-corrected chi connectivity index (χ2v) is 15.7. The first-order valence-corrected chi connectivity index (χ1v) is 18.4. The molecule has 0 bridgehead atoms. The SMILES string of the molecule is CC(C)CN(CCCc1ccc2c(c1)CCCC2NC(=O)C[C@@H](NS(=O)(=O)c1ccc(Cl)c(Cl)c1)c1ccc(F)cc1)CC(C)C. The molecule has 2 atom stereocenters. The van der Waals surface area contributed by atoms with Crippen molar-refractivity contribution >= 4 is 39.1 Å². The summed E-state index contributed by atoms with van der Waals surface area (Å²) < 4.78 is 42.9. The van der Waals surface area contributed by atoms with Gasteiger partial charge in [0.2, 0.25) is 15.9 Å². The Labute approximate surface area is 284 Å². The van der Waals surface area contributed by atoms with Crippen LogP contribution in [-0.2, 0) is 27.7 Å². The lowest BCUT2D eigenvalue weighted by Crippen LogP contribution is -2.36. The molecule has 0 saturated carbocycles. The predicted octanol–water partition coefficient (Wildman–Crippen LogP) is 8.28. The topological polar surface area (TPSA) is 78.5 Å². The molecule has 1 amide bonds. The minimum Gasteiger partial charge on any atom is -0.349 e. The Bertz CT molecular complexity index is 1570. The number of carbonyl (C=O) groups is 1. The number of fused-ring (bicyclic) bond motifs is 1. The minimum absolute atomic E-state index is 0.0843. The summed E-state index contributed by atoms with van der Waals surface area (Å²) in [7, 11) is -4.08. The van der Waals surface area contributed by atoms with Crippen LogP contribution in [0.3, 0.4) is 0 Å². The number of benzene rings is 3. The highest BCUT2D eigenvalue weighted by atomic mass is 35.5. The first-order valence-electron chi connectivity index (χ1n) is 16.2. The zero-order valence-electron chi connectivity index (χ0n) is 27.2. The van der Waals surface area contributed by atoms with E-state index in [-0.39, 0.29) is 33.3 Å². The molecule has 3 aromatic rings. The van der Waals surface area contributed by atoms with Crippen LogP contribution in [-0.4, -0.2) is 38.9 Å². The van der Waals surface area contributed by atoms with E-state index in [0.717, 1.165) is 57.3 Å². The molecule has 250 valence electrons. The Morgan fingerprint density at radius 3 is 2.30 bits per heavy atom. The zero-order valence-corrected chi connectivity index (χ0v) is 29.5. The van der Waals surface area contributed by atoms with Crippen molar-refractivity contribution < 1.29 is 17.6 Å². The molecular weight excluding hydrogens is 644 g/mol. The molecule has 1 aliphatic rings. The standard InChI is InChI=1S/C36H46Cl2FN3O3S/c1-24(2)22-42(23-25(3)4)18-6-7-26-10-16-31-28(19-26)8-5-9-34(31)40-36(43)21-35(27-11-13-29(39)14-12-27)41-46(44,45)30-15-17-32(37)33(38)20-30/h10-17,19-20,24-25,34-35,41H,5-9,18,21-23H2,1-4H3,(H,40,43)/t34?,35-/m1/s1. The molecule has 4 rings (SSSR count). The summed E-state index contributed by atoms with van der Waals surface area (Å²) >= 11 is 12.1. The van der Waals surface area contributed by atoms with Crippen molar-refractivity contribution in [1.82, 2.24) is 14.9 Å². The van der Waals surface area contributed by atoms with Gasteiger partial charge < -0.3 is 10.2 Å². The number of rotatable bonds is 15. The van der Waals surface area contributed by atoms with E-state index in [1.54, 1.807) is 0 Å². The molecule has 1 unspecified atom stereocenters. The van der Waals surface area contributed by atoms with Crippen molar-refractivity contribution in [2.45, 2.75) is 83.2 Å². The van der Waals surface area contributed by atoms with Gasteiger partial charge in [0, 0.05) is 19.5 Å². The molecule has 6 nitrogen and oxygen atoms in total. The highest BCUT2D eigenvalue weighted by molar-refractivity contribution is 7.89. The summed E-state index contributed by atoms with van der Waals surface area (Å²) in [5.74, 6) is 0.524. The van der Waals surface area contributed by atoms with E-state index in [9.17, 15) is 17.6 Å². The van der Waals surface area contributed by atoms with Crippen LogP contribution >= 0.6 is 23.2 Å². The molecular formula is C36H46Cl2FN3O3S. The molecule has 46 heavy (non-hydrogen) atoms. The molecule has 0 radical (unpaired) electrons. The monoisotopic (exact) mass is 689 g/mol. The number of amides is 1. The van der Waals surface area contributed by atoms with Gasteiger partial charge in [0.05, 0.1) is 27.0 Å². The number of nitrogens with one attached hydrogen (secondary N) is 2. The number of hydrogen-bond donors (Lipinski definition) is 2. The summed E-state index contributed by atoms with van der Waals surface area (Å²) in [6.07, 6.45) is 4.65. The fourth-order valence-corrected chi connectivity index (χ4v) is 7.84. The van der Waals surface area contributed by atoms with Crippen LogP contribution in [0.5, 0.6) is 0 Å². The van der Waals surface area contributed by atoms with Gasteiger partial charge in [-0.05, 0) is 103 Å². The van der Waals surface area contributed by atoms with Crippen LogP contribution < -0.4 is 10.0 Å². The molecule has 10 heteroatoms. The Morgan fingerprint density at radius 2 is 1.65 bits per heavy atom. The maximum atomic E-state index is 13.7. The number of hydrogen-bond acceptors (Lipinski definition) is 4. The minimum atomic E-state index is -4.08. The van der Waals surface area contributed by atoms with Crippen molar-refractivity contribution in [3.8, 4) is 0 Å². The van der Waals surface area contributed by atoms with E-state index in [0.29, 0.717) is 17.4 Å². The predicted molar refractivity (Wildman–Crippen MR) is 185 cm³/mol. The van der Waals surface area contributed by atoms with E-state index in [1.807, 2.05) is 0 Å². The second kappa shape index (κ2) is 16.6. The van der Waals surface area contributed by atoms with Crippen LogP contribution in [0.4, 0.5) is 4.39 Å². The average molecular weight is 691 g/mol. The second-order valence-electron chi connectivity index (χ2n) is 13.2. The lowest BCUT2D eigenvalue weighted by atomic mass is 9.86. The normalized spacial score (nSPS) is 15.7. The van der Waals surface area contributed by atoms with E-state index >= 15 is 0 Å². The van der Waals surface area contributed by atoms with Crippen LogP contribution in [0.25, 0.3) is 0 Å². The Kier molecular flexibility index (Phi) is 13.1. The van der Waals surface area contributed by atoms with Gasteiger partial charge in [-0.25, -0.2) is 17.5 Å². The van der Waals surface area contributed by atoms with Gasteiger partial charge in [-0.2, -0.15) is 0 Å². The molecule has 0 spiro atoms. The van der Waals surface area contributed by atoms with E-state index < -0.39 is 21.9 Å². The van der Waals surface area contributed by atoms with Gasteiger partial charge in [-0.3, -0.25) is 4.79 Å². The summed E-state index contributed by atoms with van der Waals surface area (Å²) in [4.78, 5) is 15.9. The number of sulfonamides is 1. The van der Waals surface area contributed by atoms with E-state index in [4.69, 9.17) is 23.2 Å². The summed E-state index contributed by atoms with van der Waals surface area (Å²) in [5.41, 5.74) is 4.15. The van der Waals surface area contributed by atoms with Crippen LogP contribution in [0.2, 0.25) is 10.0 Å². The molecule has 0 saturated heterocycles. The molecule has 1 aliphatic carbocycles. The first-order chi connectivity index (χ1) is 21.8. The third-order valence-electron chi connectivity index (χ3n) is 8.20. The van der Waals surface area contributed by atoms with Crippen molar-refractivity contribution in [3.63, 3.8) is 0 Å². The van der Waals surface area contributed by atoms with Crippen LogP contribution in [0.15, 0.2) is 65.6 Å². The van der Waals surface area contributed by atoms with Crippen LogP contribution in [0, 0.1) is 17.7 Å². The van der Waals surface area contributed by atoms with Crippen molar-refractivity contribution in [2.75, 3.05) is 19.6 Å². The van der Waals surface area contributed by atoms with E-state index in [2.05, 4.69) is 60.8 Å². The molecule has 0 heterocycles. The molecule has 3 aromatic carbocycles. The van der Waals surface area contributed by atoms with Crippen molar-refractivity contribution in [1.29, 1.82) is 0 Å². The third kappa shape index (κ3) is 10.5. The third-order valence-corrected chi connectivity index (χ3v) is 10.4. The molecule has 0 aliphatic heterocycles. The Hall–Kier alpha value is -2.49. The van der Waals surface area contributed by atoms with Crippen molar-refractivity contribution in [3.05, 3.63) is 98.8 Å². The summed E-state index contributed by atoms with van der Waals surface area (Å²) in [6.45, 7) is 12.4. The molecule has 2 N–H and O–H groups in total. The van der Waals surface area contributed by atoms with E-state index in [1.165, 1.54) is 53.6 Å². The van der Waals surface area contributed by atoms with Gasteiger partial charge in [0.15, 0.2) is 0 Å². The molecule has 0 aromatic heterocycles. The maximum Gasteiger partial charge on any atom is 0.241 e. The maximum absolute atomic E-state index is 13.7. The fraction of sp³-hybridized carbons (Fsp3) is 0.472. The lowest BCUT2D eigenvalue weighted by Gasteiger charge is -2.28. The average Bonchev–Trinajstić information content (AvgIpc) is 2.98. The van der Waals surface area contributed by atoms with Gasteiger partial charge in [-0.1, -0.05) is 81.2 Å². The number of carbonyl (C=O) groups excluding carboxylic acids is 1. The quantitative estimate of drug-likeness (QED) is 0.168. The first kappa shape index (κ1) is 36.3. The fourth-order valence-electron chi connectivity index (χ4n) is 6.23. The Balaban J connectivity index is 1.43. The van der Waals surface area contributed by atoms with Gasteiger partial charge in [-0.15, -0.1) is 0 Å². The smallest absolute Gasteiger partial charge is 0.241 e. The summed E-state index contributed by atoms with van der Waals surface area (Å²) in [5, 5.41) is 3.47. The summed E-state index contributed by atoms with van der Waals surface area (Å²) in [6, 6.07) is 14.9. The lowest BCUT2D eigenvalue weighted by molar-refractivity contribution is -0.122. The van der Waals surface area contributed by atoms with Gasteiger partial charge in [0.25, 0.3) is 0 Å². The van der Waals surface area contributed by atoms with Crippen LogP contribution in [0.1, 0.15) is 87.7 Å².